The maximum Gasteiger partial charge on any atom is 0.279 e. The quantitative estimate of drug-likeness (QED) is 0.603. The fraction of sp³-hybridized carbons (Fsp3) is 0.176. The van der Waals surface area contributed by atoms with Crippen molar-refractivity contribution in [3.63, 3.8) is 0 Å². The zero-order valence-electron chi connectivity index (χ0n) is 13.8. The lowest BCUT2D eigenvalue weighted by molar-refractivity contribution is -0.385. The Kier molecular flexibility index (Phi) is 6.20. The molecule has 0 aliphatic carbocycles. The SMILES string of the molecule is CC(Oc1ccc(F)cc1)C(=O)NNC(=O)Cc1ccccc1[N+](=O)[O-]. The van der Waals surface area contributed by atoms with Crippen LogP contribution in [0.25, 0.3) is 0 Å². The van der Waals surface area contributed by atoms with Crippen LogP contribution in [0, 0.1) is 15.9 Å². The van der Waals surface area contributed by atoms with Crippen molar-refractivity contribution in [2.75, 3.05) is 0 Å². The number of para-hydroxylation sites is 1. The van der Waals surface area contributed by atoms with E-state index in [0.717, 1.165) is 0 Å². The molecule has 1 unspecified atom stereocenters. The van der Waals surface area contributed by atoms with Gasteiger partial charge < -0.3 is 4.74 Å². The summed E-state index contributed by atoms with van der Waals surface area (Å²) in [7, 11) is 0. The number of nitrogens with one attached hydrogen (secondary N) is 2. The molecule has 2 aromatic rings. The topological polar surface area (TPSA) is 111 Å². The molecular formula is C17H16FN3O5. The van der Waals surface area contributed by atoms with Gasteiger partial charge in [-0.1, -0.05) is 18.2 Å². The Balaban J connectivity index is 1.85. The fourth-order valence-corrected chi connectivity index (χ4v) is 2.06. The van der Waals surface area contributed by atoms with Crippen LogP contribution in [0.15, 0.2) is 48.5 Å². The van der Waals surface area contributed by atoms with Crippen molar-refractivity contribution in [3.05, 3.63) is 70.0 Å². The molecule has 0 aliphatic heterocycles. The molecule has 0 bridgehead atoms. The monoisotopic (exact) mass is 361 g/mol. The van der Waals surface area contributed by atoms with E-state index in [1.807, 2.05) is 0 Å². The second kappa shape index (κ2) is 8.56. The van der Waals surface area contributed by atoms with Crippen molar-refractivity contribution in [1.29, 1.82) is 0 Å². The number of nitrogens with zero attached hydrogens (tertiary/aromatic N) is 1. The first-order valence-electron chi connectivity index (χ1n) is 7.60. The summed E-state index contributed by atoms with van der Waals surface area (Å²) in [5.41, 5.74) is 4.39. The lowest BCUT2D eigenvalue weighted by Gasteiger charge is -2.15. The molecular weight excluding hydrogens is 345 g/mol. The molecule has 0 heterocycles. The summed E-state index contributed by atoms with van der Waals surface area (Å²) in [6.45, 7) is 1.45. The summed E-state index contributed by atoms with van der Waals surface area (Å²) in [6.07, 6.45) is -1.23. The van der Waals surface area contributed by atoms with E-state index >= 15 is 0 Å². The van der Waals surface area contributed by atoms with E-state index in [9.17, 15) is 24.1 Å². The summed E-state index contributed by atoms with van der Waals surface area (Å²) in [5.74, 6) is -1.40. The van der Waals surface area contributed by atoms with Crippen LogP contribution in [0.2, 0.25) is 0 Å². The summed E-state index contributed by atoms with van der Waals surface area (Å²) < 4.78 is 18.1. The zero-order chi connectivity index (χ0) is 19.1. The van der Waals surface area contributed by atoms with Gasteiger partial charge in [0.25, 0.3) is 11.6 Å². The third-order valence-electron chi connectivity index (χ3n) is 3.36. The first-order valence-corrected chi connectivity index (χ1v) is 7.60. The molecule has 0 aromatic heterocycles. The van der Waals surface area contributed by atoms with Gasteiger partial charge in [-0.05, 0) is 31.2 Å². The van der Waals surface area contributed by atoms with E-state index in [0.29, 0.717) is 5.75 Å². The highest BCUT2D eigenvalue weighted by Crippen LogP contribution is 2.18. The largest absolute Gasteiger partial charge is 0.481 e. The number of ether oxygens (including phenoxy) is 1. The molecule has 9 heteroatoms. The first kappa shape index (κ1) is 18.8. The number of carbonyl (C=O) groups excluding carboxylic acids is 2. The molecule has 0 saturated heterocycles. The molecule has 0 radical (unpaired) electrons. The van der Waals surface area contributed by atoms with Gasteiger partial charge in [-0.15, -0.1) is 0 Å². The number of hydrogen-bond donors (Lipinski definition) is 2. The van der Waals surface area contributed by atoms with Gasteiger partial charge >= 0.3 is 0 Å². The van der Waals surface area contributed by atoms with Crippen LogP contribution in [0.5, 0.6) is 5.75 Å². The molecule has 26 heavy (non-hydrogen) atoms. The van der Waals surface area contributed by atoms with E-state index < -0.39 is 28.7 Å². The van der Waals surface area contributed by atoms with Crippen LogP contribution in [0.4, 0.5) is 10.1 Å². The fourth-order valence-electron chi connectivity index (χ4n) is 2.06. The van der Waals surface area contributed by atoms with Crippen molar-refractivity contribution in [1.82, 2.24) is 10.9 Å². The molecule has 0 spiro atoms. The van der Waals surface area contributed by atoms with E-state index in [4.69, 9.17) is 4.74 Å². The van der Waals surface area contributed by atoms with Crippen LogP contribution in [-0.2, 0) is 16.0 Å². The summed E-state index contributed by atoms with van der Waals surface area (Å²) in [5, 5.41) is 10.9. The van der Waals surface area contributed by atoms with Gasteiger partial charge in [0, 0.05) is 11.6 Å². The van der Waals surface area contributed by atoms with Gasteiger partial charge in [0.1, 0.15) is 11.6 Å². The van der Waals surface area contributed by atoms with Crippen LogP contribution in [0.3, 0.4) is 0 Å². The van der Waals surface area contributed by atoms with Crippen molar-refractivity contribution in [2.45, 2.75) is 19.4 Å². The Morgan fingerprint density at radius 2 is 1.81 bits per heavy atom. The summed E-state index contributed by atoms with van der Waals surface area (Å²) >= 11 is 0. The van der Waals surface area contributed by atoms with Gasteiger partial charge in [0.05, 0.1) is 11.3 Å². The highest BCUT2D eigenvalue weighted by Gasteiger charge is 2.18. The normalized spacial score (nSPS) is 11.3. The predicted octanol–water partition coefficient (Wildman–Crippen LogP) is 1.89. The van der Waals surface area contributed by atoms with Gasteiger partial charge in [-0.2, -0.15) is 0 Å². The first-order chi connectivity index (χ1) is 12.4. The molecule has 2 N–H and O–H groups in total. The van der Waals surface area contributed by atoms with Gasteiger partial charge in [-0.3, -0.25) is 30.6 Å². The van der Waals surface area contributed by atoms with Gasteiger partial charge in [-0.25, -0.2) is 4.39 Å². The number of hydrazine groups is 1. The molecule has 2 rings (SSSR count). The zero-order valence-corrected chi connectivity index (χ0v) is 13.8. The van der Waals surface area contributed by atoms with E-state index in [2.05, 4.69) is 10.9 Å². The maximum atomic E-state index is 12.8. The smallest absolute Gasteiger partial charge is 0.279 e. The Morgan fingerprint density at radius 1 is 1.15 bits per heavy atom. The van der Waals surface area contributed by atoms with Crippen molar-refractivity contribution < 1.29 is 23.6 Å². The number of amides is 2. The average Bonchev–Trinajstić information content (AvgIpc) is 2.61. The molecule has 2 amide bonds. The van der Waals surface area contributed by atoms with Crippen LogP contribution in [0.1, 0.15) is 12.5 Å². The number of nitro groups is 1. The third-order valence-corrected chi connectivity index (χ3v) is 3.36. The lowest BCUT2D eigenvalue weighted by atomic mass is 10.1. The Hall–Kier alpha value is -3.49. The highest BCUT2D eigenvalue weighted by molar-refractivity contribution is 5.85. The maximum absolute atomic E-state index is 12.8. The number of carbonyl (C=O) groups is 2. The molecule has 2 aromatic carbocycles. The summed E-state index contributed by atoms with van der Waals surface area (Å²) in [6, 6.07) is 10.9. The minimum Gasteiger partial charge on any atom is -0.481 e. The lowest BCUT2D eigenvalue weighted by Crippen LogP contribution is -2.47. The van der Waals surface area contributed by atoms with Crippen molar-refractivity contribution in [2.24, 2.45) is 0 Å². The second-order valence-corrected chi connectivity index (χ2v) is 5.31. The number of benzene rings is 2. The van der Waals surface area contributed by atoms with Crippen molar-refractivity contribution >= 4 is 17.5 Å². The highest BCUT2D eigenvalue weighted by atomic mass is 19.1. The van der Waals surface area contributed by atoms with Gasteiger partial charge in [0.2, 0.25) is 5.91 Å². The van der Waals surface area contributed by atoms with Crippen molar-refractivity contribution in [3.8, 4) is 5.75 Å². The third kappa shape index (κ3) is 5.26. The molecule has 8 nitrogen and oxygen atoms in total. The van der Waals surface area contributed by atoms with E-state index in [1.54, 1.807) is 6.07 Å². The number of nitro benzene ring substituents is 1. The standard InChI is InChI=1S/C17H16FN3O5/c1-11(26-14-8-6-13(18)7-9-14)17(23)20-19-16(22)10-12-4-2-3-5-15(12)21(24)25/h2-9,11H,10H2,1H3,(H,19,22)(H,20,23). The molecule has 136 valence electrons. The van der Waals surface area contributed by atoms with Gasteiger partial charge in [0.15, 0.2) is 6.10 Å². The Bertz CT molecular complexity index is 810. The Labute approximate surface area is 148 Å². The Morgan fingerprint density at radius 3 is 2.46 bits per heavy atom. The number of rotatable bonds is 6. The summed E-state index contributed by atoms with van der Waals surface area (Å²) in [4.78, 5) is 34.1. The van der Waals surface area contributed by atoms with E-state index in [1.165, 1.54) is 49.4 Å². The van der Waals surface area contributed by atoms with Crippen LogP contribution >= 0.6 is 0 Å². The minimum atomic E-state index is -0.952. The second-order valence-electron chi connectivity index (χ2n) is 5.31. The van der Waals surface area contributed by atoms with Crippen LogP contribution in [-0.4, -0.2) is 22.8 Å². The predicted molar refractivity (Wildman–Crippen MR) is 89.6 cm³/mol. The number of halogens is 1. The molecule has 0 aliphatic rings. The number of hydrogen-bond acceptors (Lipinski definition) is 5. The minimum absolute atomic E-state index is 0.179. The van der Waals surface area contributed by atoms with Crippen LogP contribution < -0.4 is 15.6 Å². The van der Waals surface area contributed by atoms with E-state index in [-0.39, 0.29) is 17.7 Å². The molecule has 0 saturated carbocycles. The average molecular weight is 361 g/mol. The molecule has 0 fully saturated rings. The molecule has 1 atom stereocenters.